The Hall–Kier alpha value is -3.69. The van der Waals surface area contributed by atoms with Gasteiger partial charge < -0.3 is 24.8 Å². The molecule has 0 saturated heterocycles. The highest BCUT2D eigenvalue weighted by molar-refractivity contribution is 5.95. The summed E-state index contributed by atoms with van der Waals surface area (Å²) in [7, 11) is 1.72. The van der Waals surface area contributed by atoms with Crippen molar-refractivity contribution in [3.63, 3.8) is 0 Å². The number of benzene rings is 2. The van der Waals surface area contributed by atoms with Gasteiger partial charge in [0.1, 0.15) is 12.4 Å². The smallest absolute Gasteiger partial charge is 0.246 e. The van der Waals surface area contributed by atoms with Gasteiger partial charge in [-0.1, -0.05) is 24.3 Å². The van der Waals surface area contributed by atoms with Crippen molar-refractivity contribution in [3.05, 3.63) is 66.0 Å². The molecule has 2 fully saturated rings. The fraction of sp³-hybridized carbons (Fsp3) is 0.553. The number of amides is 2. The second kappa shape index (κ2) is 16.4. The molecule has 0 spiro atoms. The monoisotopic (exact) mass is 644 g/mol. The van der Waals surface area contributed by atoms with E-state index < -0.39 is 0 Å². The number of rotatable bonds is 13. The lowest BCUT2D eigenvalue weighted by Gasteiger charge is -2.36. The van der Waals surface area contributed by atoms with Gasteiger partial charge in [-0.3, -0.25) is 14.3 Å². The quantitative estimate of drug-likeness (QED) is 0.208. The van der Waals surface area contributed by atoms with E-state index in [2.05, 4.69) is 78.7 Å². The Balaban J connectivity index is 1.28. The lowest BCUT2D eigenvalue weighted by molar-refractivity contribution is -0.127. The number of aliphatic hydroxyl groups excluding tert-OH is 1. The van der Waals surface area contributed by atoms with Gasteiger partial charge in [-0.2, -0.15) is 5.10 Å². The van der Waals surface area contributed by atoms with Crippen LogP contribution in [0, 0.1) is 18.8 Å². The third-order valence-corrected chi connectivity index (χ3v) is 9.98. The van der Waals surface area contributed by atoms with Gasteiger partial charge in [-0.15, -0.1) is 0 Å². The first-order chi connectivity index (χ1) is 22.7. The van der Waals surface area contributed by atoms with E-state index in [1.165, 1.54) is 11.1 Å². The van der Waals surface area contributed by atoms with E-state index in [1.807, 2.05) is 16.9 Å². The molecule has 9 nitrogen and oxygen atoms in total. The predicted molar refractivity (Wildman–Crippen MR) is 185 cm³/mol. The molecule has 47 heavy (non-hydrogen) atoms. The van der Waals surface area contributed by atoms with Crippen molar-refractivity contribution >= 4 is 17.5 Å². The molecule has 2 N–H and O–H groups in total. The zero-order valence-corrected chi connectivity index (χ0v) is 28.5. The van der Waals surface area contributed by atoms with E-state index >= 15 is 0 Å². The minimum atomic E-state index is -0.173. The summed E-state index contributed by atoms with van der Waals surface area (Å²) in [6, 6.07) is 15.2. The van der Waals surface area contributed by atoms with Crippen LogP contribution >= 0.6 is 0 Å². The van der Waals surface area contributed by atoms with E-state index in [1.54, 1.807) is 7.11 Å². The van der Waals surface area contributed by atoms with Crippen LogP contribution in [0.15, 0.2) is 54.9 Å². The highest BCUT2D eigenvalue weighted by Crippen LogP contribution is 2.39. The summed E-state index contributed by atoms with van der Waals surface area (Å²) in [6.45, 7) is 7.03. The van der Waals surface area contributed by atoms with Crippen molar-refractivity contribution in [1.29, 1.82) is 0 Å². The number of hydrogen-bond donors (Lipinski definition) is 2. The predicted octanol–water partition coefficient (Wildman–Crippen LogP) is 6.44. The van der Waals surface area contributed by atoms with Crippen molar-refractivity contribution in [2.45, 2.75) is 90.1 Å². The van der Waals surface area contributed by atoms with Crippen LogP contribution in [0.5, 0.6) is 5.75 Å². The Morgan fingerprint density at radius 3 is 2.45 bits per heavy atom. The molecule has 0 aliphatic heterocycles. The highest BCUT2D eigenvalue weighted by Gasteiger charge is 2.33. The fourth-order valence-electron chi connectivity index (χ4n) is 7.24. The Labute approximate surface area is 279 Å². The third-order valence-electron chi connectivity index (χ3n) is 9.98. The number of aryl methyl sites for hydroxylation is 1. The van der Waals surface area contributed by atoms with Gasteiger partial charge in [0.2, 0.25) is 11.8 Å². The number of carbonyl (C=O) groups is 2. The topological polar surface area (TPSA) is 106 Å². The molecule has 3 aromatic rings. The van der Waals surface area contributed by atoms with Gasteiger partial charge in [0.15, 0.2) is 0 Å². The summed E-state index contributed by atoms with van der Waals surface area (Å²) >= 11 is 0. The molecule has 0 atom stereocenters. The average molecular weight is 645 g/mol. The van der Waals surface area contributed by atoms with Crippen LogP contribution in [0.1, 0.15) is 88.3 Å². The number of aliphatic hydroxyl groups is 1. The molecule has 1 aromatic heterocycles. The number of nitrogens with zero attached hydrogens (tertiary/aromatic N) is 3. The van der Waals surface area contributed by atoms with Gasteiger partial charge in [0, 0.05) is 42.0 Å². The summed E-state index contributed by atoms with van der Waals surface area (Å²) in [5, 5.41) is 16.5. The van der Waals surface area contributed by atoms with Gasteiger partial charge in [-0.25, -0.2) is 0 Å². The van der Waals surface area contributed by atoms with E-state index in [-0.39, 0.29) is 49.6 Å². The molecule has 2 saturated carbocycles. The zero-order chi connectivity index (χ0) is 33.3. The summed E-state index contributed by atoms with van der Waals surface area (Å²) in [4.78, 5) is 28.7. The van der Waals surface area contributed by atoms with Gasteiger partial charge >= 0.3 is 0 Å². The maximum absolute atomic E-state index is 14.4. The first-order valence-corrected chi connectivity index (χ1v) is 17.3. The Kier molecular flexibility index (Phi) is 12.1. The standard InChI is InChI=1S/C38H52N4O5/c1-26(2)42-24-33(22-39-42)31-6-5-7-35(21-31)41(38(45)30-12-15-34(16-13-30)40-37(44)25-47-19-18-43)23-28-8-10-29(11-9-28)32-14-17-36(46-4)27(3)20-32/h5-7,14,17,20-22,24,26,28-30,34,43H,8-13,15-16,18-19,23,25H2,1-4H3,(H,40,44). The van der Waals surface area contributed by atoms with Crippen LogP contribution < -0.4 is 15.0 Å². The maximum Gasteiger partial charge on any atom is 0.246 e. The van der Waals surface area contributed by atoms with Crippen LogP contribution in [0.25, 0.3) is 11.1 Å². The number of aromatic nitrogens is 2. The number of hydrogen-bond acceptors (Lipinski definition) is 6. The molecule has 2 aromatic carbocycles. The van der Waals surface area contributed by atoms with E-state index in [9.17, 15) is 9.59 Å². The van der Waals surface area contributed by atoms with E-state index in [4.69, 9.17) is 14.6 Å². The van der Waals surface area contributed by atoms with Crippen molar-refractivity contribution in [3.8, 4) is 16.9 Å². The zero-order valence-electron chi connectivity index (χ0n) is 28.5. The van der Waals surface area contributed by atoms with Gasteiger partial charge in [-0.05, 0) is 119 Å². The molecule has 5 rings (SSSR count). The first kappa shape index (κ1) is 34.6. The van der Waals surface area contributed by atoms with Crippen LogP contribution in [0.3, 0.4) is 0 Å². The van der Waals surface area contributed by atoms with Crippen molar-refractivity contribution < 1.29 is 24.2 Å². The molecule has 1 heterocycles. The van der Waals surface area contributed by atoms with Crippen molar-refractivity contribution in [2.24, 2.45) is 11.8 Å². The van der Waals surface area contributed by atoms with Gasteiger partial charge in [0.05, 0.1) is 26.5 Å². The molecular weight excluding hydrogens is 592 g/mol. The Bertz CT molecular complexity index is 1470. The van der Waals surface area contributed by atoms with E-state index in [0.29, 0.717) is 18.4 Å². The molecule has 254 valence electrons. The highest BCUT2D eigenvalue weighted by atomic mass is 16.5. The second-order valence-electron chi connectivity index (χ2n) is 13.6. The minimum Gasteiger partial charge on any atom is -0.496 e. The number of ether oxygens (including phenoxy) is 2. The van der Waals surface area contributed by atoms with Crippen LogP contribution in [0.2, 0.25) is 0 Å². The maximum atomic E-state index is 14.4. The first-order valence-electron chi connectivity index (χ1n) is 17.3. The van der Waals surface area contributed by atoms with Crippen LogP contribution in [-0.2, 0) is 14.3 Å². The number of methoxy groups -OCH3 is 1. The molecule has 0 radical (unpaired) electrons. The molecule has 2 aliphatic rings. The minimum absolute atomic E-state index is 0.0374. The molecular formula is C38H52N4O5. The molecule has 9 heteroatoms. The fourth-order valence-corrected chi connectivity index (χ4v) is 7.24. The molecule has 2 amide bonds. The SMILES string of the molecule is COc1ccc(C2CCC(CN(C(=O)C3CCC(NC(=O)COCCO)CC3)c3cccc(-c4cnn(C(C)C)c4)c3)CC2)cc1C. The summed E-state index contributed by atoms with van der Waals surface area (Å²) in [6.07, 6.45) is 11.4. The Morgan fingerprint density at radius 2 is 1.79 bits per heavy atom. The number of carbonyl (C=O) groups excluding carboxylic acids is 2. The molecule has 2 aliphatic carbocycles. The Morgan fingerprint density at radius 1 is 1.02 bits per heavy atom. The van der Waals surface area contributed by atoms with Gasteiger partial charge in [0.25, 0.3) is 0 Å². The summed E-state index contributed by atoms with van der Waals surface area (Å²) < 4.78 is 12.6. The molecule has 0 bridgehead atoms. The lowest BCUT2D eigenvalue weighted by atomic mass is 9.78. The van der Waals surface area contributed by atoms with Crippen LogP contribution in [-0.4, -0.2) is 66.2 Å². The largest absolute Gasteiger partial charge is 0.496 e. The number of nitrogens with one attached hydrogen (secondary N) is 1. The average Bonchev–Trinajstić information content (AvgIpc) is 3.59. The second-order valence-corrected chi connectivity index (χ2v) is 13.6. The van der Waals surface area contributed by atoms with Crippen LogP contribution in [0.4, 0.5) is 5.69 Å². The number of anilines is 1. The van der Waals surface area contributed by atoms with E-state index in [0.717, 1.165) is 73.9 Å². The lowest BCUT2D eigenvalue weighted by Crippen LogP contribution is -2.44. The summed E-state index contributed by atoms with van der Waals surface area (Å²) in [5.41, 5.74) is 5.59. The normalized spacial score (nSPS) is 21.4. The molecule has 0 unspecified atom stereocenters. The summed E-state index contributed by atoms with van der Waals surface area (Å²) in [5.74, 6) is 1.81. The third kappa shape index (κ3) is 9.02. The van der Waals surface area contributed by atoms with Crippen molar-refractivity contribution in [1.82, 2.24) is 15.1 Å². The van der Waals surface area contributed by atoms with Crippen molar-refractivity contribution in [2.75, 3.05) is 38.4 Å².